The number of nitrogen functional groups attached to an aromatic ring is 1. The molecule has 3 rings (SSSR count). The fourth-order valence-electron chi connectivity index (χ4n) is 3.41. The molecule has 1 aromatic heterocycles. The maximum absolute atomic E-state index is 6.07. The molecule has 1 fully saturated rings. The molecule has 21 heavy (non-hydrogen) atoms. The highest BCUT2D eigenvalue weighted by Crippen LogP contribution is 2.37. The first-order chi connectivity index (χ1) is 10.1. The van der Waals surface area contributed by atoms with Crippen LogP contribution in [0.25, 0.3) is 10.8 Å². The SMILES string of the molecule is Cc1cc2c(NCC3(C)CCCCC3)ccc(N)c2cn1. The van der Waals surface area contributed by atoms with E-state index in [2.05, 4.69) is 29.4 Å². The van der Waals surface area contributed by atoms with E-state index in [-0.39, 0.29) is 0 Å². The van der Waals surface area contributed by atoms with Gasteiger partial charge in [0.2, 0.25) is 0 Å². The lowest BCUT2D eigenvalue weighted by Crippen LogP contribution is -2.28. The number of hydrogen-bond donors (Lipinski definition) is 2. The Kier molecular flexibility index (Phi) is 3.75. The number of aryl methyl sites for hydroxylation is 1. The number of nitrogens with two attached hydrogens (primary N) is 1. The van der Waals surface area contributed by atoms with E-state index in [4.69, 9.17) is 5.73 Å². The first-order valence-electron chi connectivity index (χ1n) is 7.96. The van der Waals surface area contributed by atoms with Crippen molar-refractivity contribution in [3.8, 4) is 0 Å². The summed E-state index contributed by atoms with van der Waals surface area (Å²) in [5.74, 6) is 0. The van der Waals surface area contributed by atoms with E-state index < -0.39 is 0 Å². The minimum atomic E-state index is 0.425. The Bertz CT molecular complexity index is 642. The van der Waals surface area contributed by atoms with Crippen molar-refractivity contribution in [2.24, 2.45) is 5.41 Å². The number of aromatic nitrogens is 1. The van der Waals surface area contributed by atoms with Crippen LogP contribution >= 0.6 is 0 Å². The van der Waals surface area contributed by atoms with Crippen molar-refractivity contribution in [2.75, 3.05) is 17.6 Å². The summed E-state index contributed by atoms with van der Waals surface area (Å²) >= 11 is 0. The first-order valence-corrected chi connectivity index (χ1v) is 7.96. The summed E-state index contributed by atoms with van der Waals surface area (Å²) < 4.78 is 0. The van der Waals surface area contributed by atoms with Gasteiger partial charge in [-0.1, -0.05) is 26.2 Å². The van der Waals surface area contributed by atoms with E-state index in [0.717, 1.165) is 23.3 Å². The maximum Gasteiger partial charge on any atom is 0.0422 e. The summed E-state index contributed by atoms with van der Waals surface area (Å²) in [6.45, 7) is 5.47. The quantitative estimate of drug-likeness (QED) is 0.815. The molecule has 3 N–H and O–H groups in total. The van der Waals surface area contributed by atoms with Crippen molar-refractivity contribution < 1.29 is 0 Å². The number of hydrogen-bond acceptors (Lipinski definition) is 3. The molecule has 2 aromatic rings. The smallest absolute Gasteiger partial charge is 0.0422 e. The standard InChI is InChI=1S/C18H25N3/c1-13-10-14-15(11-20-13)16(19)6-7-17(14)21-12-18(2)8-4-3-5-9-18/h6-7,10-11,21H,3-5,8-9,12,19H2,1-2H3. The molecular weight excluding hydrogens is 258 g/mol. The topological polar surface area (TPSA) is 50.9 Å². The molecule has 0 unspecified atom stereocenters. The number of nitrogens with one attached hydrogen (secondary N) is 1. The highest BCUT2D eigenvalue weighted by Gasteiger charge is 2.26. The van der Waals surface area contributed by atoms with Gasteiger partial charge in [0, 0.05) is 40.6 Å². The summed E-state index contributed by atoms with van der Waals surface area (Å²) in [7, 11) is 0. The van der Waals surface area contributed by atoms with E-state index in [9.17, 15) is 0 Å². The van der Waals surface area contributed by atoms with Crippen LogP contribution in [0.4, 0.5) is 11.4 Å². The van der Waals surface area contributed by atoms with Crippen molar-refractivity contribution in [3.63, 3.8) is 0 Å². The average Bonchev–Trinajstić information content (AvgIpc) is 2.47. The second-order valence-corrected chi connectivity index (χ2v) is 6.80. The Morgan fingerprint density at radius 1 is 1.19 bits per heavy atom. The Labute approximate surface area is 127 Å². The molecule has 1 aromatic carbocycles. The van der Waals surface area contributed by atoms with Gasteiger partial charge in [0.05, 0.1) is 0 Å². The molecule has 0 radical (unpaired) electrons. The van der Waals surface area contributed by atoms with Gasteiger partial charge in [-0.2, -0.15) is 0 Å². The number of benzene rings is 1. The first kappa shape index (κ1) is 14.2. The van der Waals surface area contributed by atoms with Gasteiger partial charge >= 0.3 is 0 Å². The Morgan fingerprint density at radius 3 is 2.71 bits per heavy atom. The van der Waals surface area contributed by atoms with Gasteiger partial charge in [0.1, 0.15) is 0 Å². The third-order valence-corrected chi connectivity index (χ3v) is 4.84. The second kappa shape index (κ2) is 5.55. The fraction of sp³-hybridized carbons (Fsp3) is 0.500. The molecular formula is C18H25N3. The Hall–Kier alpha value is -1.77. The van der Waals surface area contributed by atoms with Gasteiger partial charge in [-0.05, 0) is 43.4 Å². The van der Waals surface area contributed by atoms with Gasteiger partial charge < -0.3 is 11.1 Å². The van der Waals surface area contributed by atoms with Crippen LogP contribution in [0, 0.1) is 12.3 Å². The second-order valence-electron chi connectivity index (χ2n) is 6.80. The lowest BCUT2D eigenvalue weighted by Gasteiger charge is -2.34. The molecule has 0 atom stereocenters. The van der Waals surface area contributed by atoms with Gasteiger partial charge in [-0.25, -0.2) is 0 Å². The van der Waals surface area contributed by atoms with Crippen molar-refractivity contribution in [1.82, 2.24) is 4.98 Å². The monoisotopic (exact) mass is 283 g/mol. The summed E-state index contributed by atoms with van der Waals surface area (Å²) in [5.41, 5.74) is 9.50. The van der Waals surface area contributed by atoms with E-state index in [0.29, 0.717) is 5.41 Å². The molecule has 1 heterocycles. The number of pyridine rings is 1. The van der Waals surface area contributed by atoms with Crippen LogP contribution in [-0.4, -0.2) is 11.5 Å². The largest absolute Gasteiger partial charge is 0.398 e. The van der Waals surface area contributed by atoms with Crippen LogP contribution < -0.4 is 11.1 Å². The molecule has 1 aliphatic carbocycles. The molecule has 0 spiro atoms. The number of fused-ring (bicyclic) bond motifs is 1. The van der Waals surface area contributed by atoms with Crippen LogP contribution in [0.2, 0.25) is 0 Å². The number of anilines is 2. The summed E-state index contributed by atoms with van der Waals surface area (Å²) in [4.78, 5) is 4.37. The van der Waals surface area contributed by atoms with Gasteiger partial charge in [-0.15, -0.1) is 0 Å². The fourth-order valence-corrected chi connectivity index (χ4v) is 3.41. The van der Waals surface area contributed by atoms with Crippen LogP contribution in [-0.2, 0) is 0 Å². The highest BCUT2D eigenvalue weighted by atomic mass is 14.9. The van der Waals surface area contributed by atoms with Crippen LogP contribution in [0.15, 0.2) is 24.4 Å². The molecule has 0 saturated heterocycles. The highest BCUT2D eigenvalue weighted by molar-refractivity contribution is 6.00. The van der Waals surface area contributed by atoms with Crippen LogP contribution in [0.3, 0.4) is 0 Å². The number of nitrogens with zero attached hydrogens (tertiary/aromatic N) is 1. The zero-order valence-corrected chi connectivity index (χ0v) is 13.1. The zero-order valence-electron chi connectivity index (χ0n) is 13.1. The molecule has 112 valence electrons. The zero-order chi connectivity index (χ0) is 14.9. The maximum atomic E-state index is 6.07. The normalized spacial score (nSPS) is 17.8. The van der Waals surface area contributed by atoms with Crippen LogP contribution in [0.5, 0.6) is 0 Å². The molecule has 3 heteroatoms. The lowest BCUT2D eigenvalue weighted by molar-refractivity contribution is 0.233. The molecule has 3 nitrogen and oxygen atoms in total. The third kappa shape index (κ3) is 2.97. The lowest BCUT2D eigenvalue weighted by atomic mass is 9.75. The molecule has 0 aliphatic heterocycles. The Balaban J connectivity index is 1.87. The number of rotatable bonds is 3. The molecule has 1 saturated carbocycles. The van der Waals surface area contributed by atoms with E-state index >= 15 is 0 Å². The minimum Gasteiger partial charge on any atom is -0.398 e. The average molecular weight is 283 g/mol. The van der Waals surface area contributed by atoms with Crippen molar-refractivity contribution in [3.05, 3.63) is 30.1 Å². The van der Waals surface area contributed by atoms with E-state index in [1.165, 1.54) is 43.2 Å². The van der Waals surface area contributed by atoms with Crippen molar-refractivity contribution in [2.45, 2.75) is 46.0 Å². The van der Waals surface area contributed by atoms with Crippen molar-refractivity contribution in [1.29, 1.82) is 0 Å². The van der Waals surface area contributed by atoms with Crippen LogP contribution in [0.1, 0.15) is 44.7 Å². The summed E-state index contributed by atoms with van der Waals surface area (Å²) in [6.07, 6.45) is 8.66. The van der Waals surface area contributed by atoms with Gasteiger partial charge in [-0.3, -0.25) is 4.98 Å². The predicted molar refractivity (Wildman–Crippen MR) is 90.6 cm³/mol. The molecule has 0 amide bonds. The molecule has 1 aliphatic rings. The minimum absolute atomic E-state index is 0.425. The third-order valence-electron chi connectivity index (χ3n) is 4.84. The van der Waals surface area contributed by atoms with Gasteiger partial charge in [0.15, 0.2) is 0 Å². The Morgan fingerprint density at radius 2 is 1.95 bits per heavy atom. The van der Waals surface area contributed by atoms with E-state index in [1.54, 1.807) is 0 Å². The summed E-state index contributed by atoms with van der Waals surface area (Å²) in [6, 6.07) is 6.20. The van der Waals surface area contributed by atoms with Gasteiger partial charge in [0.25, 0.3) is 0 Å². The van der Waals surface area contributed by atoms with Crippen molar-refractivity contribution >= 4 is 22.1 Å². The molecule has 0 bridgehead atoms. The van der Waals surface area contributed by atoms with E-state index in [1.807, 2.05) is 19.2 Å². The predicted octanol–water partition coefficient (Wildman–Crippen LogP) is 4.51. The summed E-state index contributed by atoms with van der Waals surface area (Å²) in [5, 5.41) is 5.89.